The number of aliphatic hydroxyl groups excluding tert-OH is 2. The van der Waals surface area contributed by atoms with Crippen molar-refractivity contribution in [3.8, 4) is 0 Å². The smallest absolute Gasteiger partial charge is 0.152 e. The monoisotopic (exact) mass is 587 g/mol. The number of hydrogen-bond acceptors (Lipinski definition) is 11. The molecule has 3 aliphatic rings. The maximum absolute atomic E-state index is 9.13. The molecule has 5 N–H and O–H groups in total. The minimum absolute atomic E-state index is 0.257. The number of nitrogens with one attached hydrogen (secondary N) is 3. The van der Waals surface area contributed by atoms with Gasteiger partial charge in [-0.3, -0.25) is 9.80 Å². The third-order valence-corrected chi connectivity index (χ3v) is 8.91. The lowest BCUT2D eigenvalue weighted by molar-refractivity contribution is 0.113. The molecule has 1 aromatic rings. The number of fused-ring (bicyclic) bond motifs is 1. The molecule has 0 radical (unpaired) electrons. The first-order chi connectivity index (χ1) is 20.7. The molecule has 0 aromatic carbocycles. The lowest BCUT2D eigenvalue weighted by Gasteiger charge is -2.38. The van der Waals surface area contributed by atoms with Crippen LogP contribution < -0.4 is 25.8 Å². The molecule has 1 aromatic heterocycles. The molecule has 0 unspecified atom stereocenters. The van der Waals surface area contributed by atoms with Gasteiger partial charge >= 0.3 is 0 Å². The minimum atomic E-state index is 0.257. The second-order valence-electron chi connectivity index (χ2n) is 11.8. The highest BCUT2D eigenvalue weighted by atomic mass is 16.3. The first-order valence-electron chi connectivity index (χ1n) is 16.4. The van der Waals surface area contributed by atoms with Crippen LogP contribution in [0.3, 0.4) is 0 Å². The summed E-state index contributed by atoms with van der Waals surface area (Å²) in [5.74, 6) is 1.09. The Morgan fingerprint density at radius 3 is 2.07 bits per heavy atom. The highest BCUT2D eigenvalue weighted by molar-refractivity contribution is 5.73. The van der Waals surface area contributed by atoms with Crippen LogP contribution >= 0.6 is 0 Å². The van der Waals surface area contributed by atoms with Gasteiger partial charge in [0.15, 0.2) is 5.82 Å². The van der Waals surface area contributed by atoms with Crippen LogP contribution in [0.4, 0.5) is 17.2 Å². The maximum Gasteiger partial charge on any atom is 0.152 e. The zero-order valence-corrected chi connectivity index (χ0v) is 26.1. The molecular formula is C31H57N9O2. The molecule has 0 spiro atoms. The van der Waals surface area contributed by atoms with E-state index in [1.54, 1.807) is 0 Å². The summed E-state index contributed by atoms with van der Waals surface area (Å²) < 4.78 is 0. The molecule has 0 aliphatic carbocycles. The number of aliphatic hydroxyl groups is 2. The van der Waals surface area contributed by atoms with Gasteiger partial charge in [-0.05, 0) is 31.7 Å². The van der Waals surface area contributed by atoms with Gasteiger partial charge in [-0.1, -0.05) is 11.6 Å². The van der Waals surface area contributed by atoms with E-state index in [1.165, 1.54) is 11.3 Å². The van der Waals surface area contributed by atoms with E-state index < -0.39 is 0 Å². The summed E-state index contributed by atoms with van der Waals surface area (Å²) in [6.07, 6.45) is 8.54. The summed E-state index contributed by atoms with van der Waals surface area (Å²) in [6.45, 7) is 17.9. The van der Waals surface area contributed by atoms with Gasteiger partial charge in [-0.2, -0.15) is 0 Å². The number of piperazine rings is 1. The van der Waals surface area contributed by atoms with E-state index in [1.807, 2.05) is 13.2 Å². The van der Waals surface area contributed by atoms with Gasteiger partial charge in [-0.15, -0.1) is 0 Å². The largest absolute Gasteiger partial charge is 0.396 e. The van der Waals surface area contributed by atoms with Gasteiger partial charge in [0, 0.05) is 125 Å². The van der Waals surface area contributed by atoms with Crippen LogP contribution in [0, 0.1) is 0 Å². The Morgan fingerprint density at radius 1 is 0.738 bits per heavy atom. The molecule has 0 amide bonds. The highest BCUT2D eigenvalue weighted by Gasteiger charge is 2.24. The fourth-order valence-electron chi connectivity index (χ4n) is 6.23. The molecule has 3 aliphatic heterocycles. The van der Waals surface area contributed by atoms with Crippen molar-refractivity contribution in [2.24, 2.45) is 0 Å². The second kappa shape index (κ2) is 18.6. The normalized spacial score (nSPS) is 19.1. The van der Waals surface area contributed by atoms with Gasteiger partial charge in [0.1, 0.15) is 0 Å². The topological polar surface area (TPSA) is 106 Å². The molecule has 1 fully saturated rings. The van der Waals surface area contributed by atoms with Crippen molar-refractivity contribution < 1.29 is 10.2 Å². The van der Waals surface area contributed by atoms with Crippen LogP contribution in [0.15, 0.2) is 23.9 Å². The first-order valence-corrected chi connectivity index (χ1v) is 16.4. The van der Waals surface area contributed by atoms with Crippen LogP contribution in [0.5, 0.6) is 0 Å². The van der Waals surface area contributed by atoms with E-state index in [0.29, 0.717) is 6.61 Å². The summed E-state index contributed by atoms with van der Waals surface area (Å²) in [5, 5.41) is 28.9. The van der Waals surface area contributed by atoms with Gasteiger partial charge in [0.05, 0.1) is 24.2 Å². The fourth-order valence-corrected chi connectivity index (χ4v) is 6.23. The summed E-state index contributed by atoms with van der Waals surface area (Å²) in [7, 11) is 1.96. The Balaban J connectivity index is 1.14. The van der Waals surface area contributed by atoms with Crippen LogP contribution in [-0.4, -0.2) is 161 Å². The molecule has 0 atom stereocenters. The highest BCUT2D eigenvalue weighted by Crippen LogP contribution is 2.32. The van der Waals surface area contributed by atoms with Crippen LogP contribution in [0.1, 0.15) is 25.7 Å². The Morgan fingerprint density at radius 2 is 1.38 bits per heavy atom. The van der Waals surface area contributed by atoms with Gasteiger partial charge in [0.25, 0.3) is 0 Å². The average Bonchev–Trinajstić information content (AvgIpc) is 3.26. The number of hydrogen-bond donors (Lipinski definition) is 5. The molecule has 238 valence electrons. The van der Waals surface area contributed by atoms with E-state index in [0.717, 1.165) is 148 Å². The Labute approximate surface area is 253 Å². The molecule has 0 saturated carbocycles. The second-order valence-corrected chi connectivity index (χ2v) is 11.8. The molecule has 4 rings (SSSR count). The lowest BCUT2D eigenvalue weighted by Crippen LogP contribution is -2.49. The summed E-state index contributed by atoms with van der Waals surface area (Å²) in [6, 6.07) is 2.25. The Bertz CT molecular complexity index is 926. The van der Waals surface area contributed by atoms with Crippen molar-refractivity contribution in [2.75, 3.05) is 147 Å². The molecule has 11 nitrogen and oxygen atoms in total. The van der Waals surface area contributed by atoms with E-state index in [2.05, 4.69) is 52.6 Å². The maximum atomic E-state index is 9.13. The van der Waals surface area contributed by atoms with Crippen molar-refractivity contribution in [3.05, 3.63) is 23.9 Å². The van der Waals surface area contributed by atoms with Crippen LogP contribution in [-0.2, 0) is 0 Å². The third kappa shape index (κ3) is 10.6. The van der Waals surface area contributed by atoms with Gasteiger partial charge in [-0.25, -0.2) is 4.98 Å². The molecule has 11 heteroatoms. The van der Waals surface area contributed by atoms with Crippen molar-refractivity contribution in [3.63, 3.8) is 0 Å². The van der Waals surface area contributed by atoms with Crippen LogP contribution in [0.25, 0.3) is 0 Å². The zero-order valence-electron chi connectivity index (χ0n) is 26.1. The standard InChI is InChI=1S/C31H57N9O2/c1-32-29-26-30-31(35-27-29)40(16-10-34-8-14-37-17-19-38(20-18-37)23-25-42)22-21-39(30)15-9-33-7-13-36-11-2-4-28(6-12-36)5-3-24-41/h4,26-27,32-34,41-42H,2-3,5-25H2,1H3. The molecular weight excluding hydrogens is 530 g/mol. The zero-order chi connectivity index (χ0) is 29.4. The third-order valence-electron chi connectivity index (χ3n) is 8.91. The fraction of sp³-hybridized carbons (Fsp3) is 0.774. The summed E-state index contributed by atoms with van der Waals surface area (Å²) >= 11 is 0. The minimum Gasteiger partial charge on any atom is -0.396 e. The lowest BCUT2D eigenvalue weighted by atomic mass is 10.1. The SMILES string of the molecule is CNc1cnc2c(c1)N(CCNCCN1CCC=C(CCCO)CC1)CCN2CCNCCN1CCN(CCO)CC1. The number of nitrogens with zero attached hydrogens (tertiary/aromatic N) is 6. The van der Waals surface area contributed by atoms with Crippen molar-refractivity contribution in [2.45, 2.75) is 25.7 Å². The number of β-amino-alcohol motifs (C(OH)–C–C–N with tert-alkyl or cyclic N) is 1. The van der Waals surface area contributed by atoms with Crippen molar-refractivity contribution in [1.82, 2.24) is 30.3 Å². The predicted molar refractivity (Wildman–Crippen MR) is 174 cm³/mol. The average molecular weight is 588 g/mol. The van der Waals surface area contributed by atoms with Crippen molar-refractivity contribution >= 4 is 17.2 Å². The predicted octanol–water partition coefficient (Wildman–Crippen LogP) is 0.334. The summed E-state index contributed by atoms with van der Waals surface area (Å²) in [4.78, 5) is 17.2. The number of aromatic nitrogens is 1. The first kappa shape index (κ1) is 32.9. The molecule has 1 saturated heterocycles. The van der Waals surface area contributed by atoms with E-state index in [-0.39, 0.29) is 6.61 Å². The number of anilines is 3. The Hall–Kier alpha value is -1.99. The Kier molecular flexibility index (Phi) is 14.6. The van der Waals surface area contributed by atoms with E-state index >= 15 is 0 Å². The van der Waals surface area contributed by atoms with Crippen molar-refractivity contribution in [1.29, 1.82) is 0 Å². The summed E-state index contributed by atoms with van der Waals surface area (Å²) in [5.41, 5.74) is 3.80. The molecule has 4 heterocycles. The van der Waals surface area contributed by atoms with Crippen LogP contribution in [0.2, 0.25) is 0 Å². The van der Waals surface area contributed by atoms with E-state index in [4.69, 9.17) is 15.2 Å². The number of pyridine rings is 1. The molecule has 42 heavy (non-hydrogen) atoms. The van der Waals surface area contributed by atoms with E-state index in [9.17, 15) is 0 Å². The van der Waals surface area contributed by atoms with Gasteiger partial charge in [0.2, 0.25) is 0 Å². The molecule has 0 bridgehead atoms. The van der Waals surface area contributed by atoms with Gasteiger partial charge < -0.3 is 40.9 Å². The quantitative estimate of drug-likeness (QED) is 0.121. The number of rotatable bonds is 18.